The zero-order valence-electron chi connectivity index (χ0n) is 16.5. The average Bonchev–Trinajstić information content (AvgIpc) is 3.11. The minimum absolute atomic E-state index is 0.108. The first-order valence-electron chi connectivity index (χ1n) is 9.28. The van der Waals surface area contributed by atoms with Crippen LogP contribution >= 0.6 is 0 Å². The van der Waals surface area contributed by atoms with Gasteiger partial charge >= 0.3 is 0 Å². The molecule has 2 aromatic heterocycles. The normalized spacial score (nSPS) is 12.1. The van der Waals surface area contributed by atoms with Crippen molar-refractivity contribution in [3.63, 3.8) is 0 Å². The molecule has 0 amide bonds. The van der Waals surface area contributed by atoms with Gasteiger partial charge in [-0.05, 0) is 31.5 Å². The van der Waals surface area contributed by atoms with E-state index >= 15 is 0 Å². The van der Waals surface area contributed by atoms with Crippen LogP contribution in [0.5, 0.6) is 0 Å². The van der Waals surface area contributed by atoms with Crippen molar-refractivity contribution >= 4 is 22.3 Å². The van der Waals surface area contributed by atoms with Gasteiger partial charge in [0.05, 0.1) is 10.3 Å². The summed E-state index contributed by atoms with van der Waals surface area (Å²) in [7, 11) is 1.94. The summed E-state index contributed by atoms with van der Waals surface area (Å²) < 4.78 is 1.96. The highest BCUT2D eigenvalue weighted by Gasteiger charge is 2.22. The molecular weight excluding hydrogens is 366 g/mol. The number of rotatable bonds is 5. The Bertz CT molecular complexity index is 1220. The maximum atomic E-state index is 11.6. The highest BCUT2D eigenvalue weighted by molar-refractivity contribution is 5.98. The molecule has 0 fully saturated rings. The molecule has 4 rings (SSSR count). The van der Waals surface area contributed by atoms with Gasteiger partial charge in [-0.3, -0.25) is 10.1 Å². The molecule has 4 aromatic rings. The third-order valence-corrected chi connectivity index (χ3v) is 5.07. The molecule has 2 aromatic carbocycles. The molecular formula is C22H21N5O2. The molecule has 7 nitrogen and oxygen atoms in total. The summed E-state index contributed by atoms with van der Waals surface area (Å²) in [6, 6.07) is 13.3. The highest BCUT2D eigenvalue weighted by Crippen LogP contribution is 2.34. The van der Waals surface area contributed by atoms with Crippen LogP contribution in [0, 0.1) is 24.0 Å². The Morgan fingerprint density at radius 1 is 1.07 bits per heavy atom. The van der Waals surface area contributed by atoms with Gasteiger partial charge in [-0.25, -0.2) is 9.97 Å². The Balaban J connectivity index is 1.87. The van der Waals surface area contributed by atoms with Crippen LogP contribution in [-0.4, -0.2) is 19.5 Å². The number of nitrogens with zero attached hydrogens (tertiary/aromatic N) is 4. The maximum absolute atomic E-state index is 11.6. The number of hydrogen-bond acceptors (Lipinski definition) is 5. The van der Waals surface area contributed by atoms with E-state index in [9.17, 15) is 10.1 Å². The summed E-state index contributed by atoms with van der Waals surface area (Å²) in [5, 5.41) is 16.4. The quantitative estimate of drug-likeness (QED) is 0.396. The molecule has 0 spiro atoms. The van der Waals surface area contributed by atoms with E-state index in [4.69, 9.17) is 0 Å². The standard InChI is InChI=1S/C22H21N5O2/c1-14-5-4-6-16(13-14)19(22-24-11-12-26(22)3)25-21-18-8-7-15(2)20(27(28)29)17(18)9-10-23-21/h4-13,19H,1-3H3,(H,23,25). The Hall–Kier alpha value is -3.74. The summed E-state index contributed by atoms with van der Waals surface area (Å²) >= 11 is 0. The van der Waals surface area contributed by atoms with Gasteiger partial charge in [0, 0.05) is 36.6 Å². The lowest BCUT2D eigenvalue weighted by Crippen LogP contribution is -2.17. The molecule has 1 N–H and O–H groups in total. The maximum Gasteiger partial charge on any atom is 0.280 e. The van der Waals surface area contributed by atoms with E-state index < -0.39 is 0 Å². The fraction of sp³-hybridized carbons (Fsp3) is 0.182. The van der Waals surface area contributed by atoms with E-state index in [0.717, 1.165) is 17.0 Å². The van der Waals surface area contributed by atoms with Crippen LogP contribution in [0.15, 0.2) is 61.1 Å². The van der Waals surface area contributed by atoms with Gasteiger partial charge in [-0.2, -0.15) is 0 Å². The SMILES string of the molecule is Cc1cccc(C(Nc2nccc3c([N+](=O)[O-])c(C)ccc23)c2nccn2C)c1. The van der Waals surface area contributed by atoms with E-state index in [1.807, 2.05) is 49.0 Å². The van der Waals surface area contributed by atoms with Gasteiger partial charge in [-0.15, -0.1) is 0 Å². The smallest absolute Gasteiger partial charge is 0.280 e. The second kappa shape index (κ2) is 7.35. The van der Waals surface area contributed by atoms with Crippen molar-refractivity contribution in [3.05, 3.63) is 93.7 Å². The first kappa shape index (κ1) is 18.6. The first-order valence-corrected chi connectivity index (χ1v) is 9.28. The predicted molar refractivity (Wildman–Crippen MR) is 113 cm³/mol. The Labute approximate surface area is 168 Å². The average molecular weight is 387 g/mol. The number of nitro benzene ring substituents is 1. The Morgan fingerprint density at radius 2 is 1.90 bits per heavy atom. The molecule has 0 aliphatic rings. The second-order valence-electron chi connectivity index (χ2n) is 7.13. The van der Waals surface area contributed by atoms with Crippen LogP contribution < -0.4 is 5.32 Å². The van der Waals surface area contributed by atoms with Gasteiger partial charge in [0.25, 0.3) is 5.69 Å². The number of imidazole rings is 1. The third-order valence-electron chi connectivity index (χ3n) is 5.07. The van der Waals surface area contributed by atoms with Crippen LogP contribution in [0.25, 0.3) is 10.8 Å². The van der Waals surface area contributed by atoms with E-state index in [1.54, 1.807) is 31.5 Å². The van der Waals surface area contributed by atoms with Gasteiger partial charge < -0.3 is 9.88 Å². The number of nitrogens with one attached hydrogen (secondary N) is 1. The van der Waals surface area contributed by atoms with Gasteiger partial charge in [0.1, 0.15) is 17.7 Å². The van der Waals surface area contributed by atoms with Crippen LogP contribution in [0.1, 0.15) is 28.6 Å². The molecule has 146 valence electrons. The number of benzene rings is 2. The number of hydrogen-bond donors (Lipinski definition) is 1. The molecule has 0 aliphatic heterocycles. The van der Waals surface area contributed by atoms with Crippen molar-refractivity contribution in [2.75, 3.05) is 5.32 Å². The summed E-state index contributed by atoms with van der Waals surface area (Å²) in [5.41, 5.74) is 2.91. The second-order valence-corrected chi connectivity index (χ2v) is 7.13. The lowest BCUT2D eigenvalue weighted by Gasteiger charge is -2.21. The molecule has 0 bridgehead atoms. The number of aromatic nitrogens is 3. The van der Waals surface area contributed by atoms with E-state index in [1.165, 1.54) is 0 Å². The molecule has 0 saturated heterocycles. The van der Waals surface area contributed by atoms with Crippen molar-refractivity contribution < 1.29 is 4.92 Å². The van der Waals surface area contributed by atoms with E-state index in [2.05, 4.69) is 21.4 Å². The van der Waals surface area contributed by atoms with Crippen molar-refractivity contribution in [2.24, 2.45) is 7.05 Å². The van der Waals surface area contributed by atoms with Gasteiger partial charge in [-0.1, -0.05) is 35.9 Å². The molecule has 0 radical (unpaired) electrons. The lowest BCUT2D eigenvalue weighted by atomic mass is 10.0. The van der Waals surface area contributed by atoms with E-state index in [0.29, 0.717) is 22.2 Å². The first-order chi connectivity index (χ1) is 14.0. The molecule has 1 atom stereocenters. The minimum Gasteiger partial charge on any atom is -0.356 e. The molecule has 0 aliphatic carbocycles. The number of nitro groups is 1. The number of aryl methyl sites for hydroxylation is 3. The van der Waals surface area contributed by atoms with Crippen LogP contribution in [0.2, 0.25) is 0 Å². The largest absolute Gasteiger partial charge is 0.356 e. The lowest BCUT2D eigenvalue weighted by molar-refractivity contribution is -0.383. The summed E-state index contributed by atoms with van der Waals surface area (Å²) in [4.78, 5) is 20.3. The summed E-state index contributed by atoms with van der Waals surface area (Å²) in [6.45, 7) is 3.79. The van der Waals surface area contributed by atoms with E-state index in [-0.39, 0.29) is 16.7 Å². The Kier molecular flexibility index (Phi) is 4.72. The molecule has 0 saturated carbocycles. The zero-order chi connectivity index (χ0) is 20.5. The van der Waals surface area contributed by atoms with Crippen molar-refractivity contribution in [1.82, 2.24) is 14.5 Å². The van der Waals surface area contributed by atoms with Crippen LogP contribution in [0.4, 0.5) is 11.5 Å². The third kappa shape index (κ3) is 3.42. The van der Waals surface area contributed by atoms with Crippen molar-refractivity contribution in [3.8, 4) is 0 Å². The highest BCUT2D eigenvalue weighted by atomic mass is 16.6. The van der Waals surface area contributed by atoms with Crippen molar-refractivity contribution in [1.29, 1.82) is 0 Å². The Morgan fingerprint density at radius 3 is 2.59 bits per heavy atom. The van der Waals surface area contributed by atoms with Gasteiger partial charge in [0.2, 0.25) is 0 Å². The molecule has 2 heterocycles. The topological polar surface area (TPSA) is 85.9 Å². The molecule has 7 heteroatoms. The molecule has 1 unspecified atom stereocenters. The minimum atomic E-state index is -0.335. The fourth-order valence-electron chi connectivity index (χ4n) is 3.64. The van der Waals surface area contributed by atoms with Crippen LogP contribution in [0.3, 0.4) is 0 Å². The van der Waals surface area contributed by atoms with Crippen LogP contribution in [-0.2, 0) is 7.05 Å². The molecule has 29 heavy (non-hydrogen) atoms. The number of pyridine rings is 1. The number of anilines is 1. The van der Waals surface area contributed by atoms with Gasteiger partial charge in [0.15, 0.2) is 0 Å². The predicted octanol–water partition coefficient (Wildman–Crippen LogP) is 4.69. The fourth-order valence-corrected chi connectivity index (χ4v) is 3.64. The summed E-state index contributed by atoms with van der Waals surface area (Å²) in [6.07, 6.45) is 5.25. The summed E-state index contributed by atoms with van der Waals surface area (Å²) in [5.74, 6) is 1.41. The zero-order valence-corrected chi connectivity index (χ0v) is 16.5. The number of fused-ring (bicyclic) bond motifs is 1. The monoisotopic (exact) mass is 387 g/mol. The van der Waals surface area contributed by atoms with Crippen molar-refractivity contribution in [2.45, 2.75) is 19.9 Å².